The molecule has 0 bridgehead atoms. The fourth-order valence-corrected chi connectivity index (χ4v) is 9.64. The number of nitrogens with zero attached hydrogens (tertiary/aromatic N) is 4. The van der Waals surface area contributed by atoms with E-state index in [1.807, 2.05) is 53.1 Å². The van der Waals surface area contributed by atoms with E-state index in [1.165, 1.54) is 32.0 Å². The summed E-state index contributed by atoms with van der Waals surface area (Å²) >= 11 is 3.69. The standard InChI is InChI=1S/C42H26N4S2/c1-2-10-27(11-3-1)35-26-38(45-41(44-35)29-19-17-28(18-20-29)34-14-8-9-23-43-34)46-36-15-6-4-12-30(36)42(31-13-5-7-16-37(31)46)32-21-24-47-39(32)40-33(42)22-25-48-40/h1-26H. The third-order valence-corrected chi connectivity index (χ3v) is 11.6. The van der Waals surface area contributed by atoms with Crippen LogP contribution in [0.2, 0.25) is 0 Å². The molecule has 4 nitrogen and oxygen atoms in total. The highest BCUT2D eigenvalue weighted by Crippen LogP contribution is 2.65. The Bertz CT molecular complexity index is 2370. The number of hydrogen-bond donors (Lipinski definition) is 0. The maximum atomic E-state index is 5.34. The minimum atomic E-state index is -0.395. The van der Waals surface area contributed by atoms with Crippen LogP contribution >= 0.6 is 22.7 Å². The number of fused-ring (bicyclic) bond motifs is 9. The van der Waals surface area contributed by atoms with Crippen LogP contribution in [0.25, 0.3) is 43.7 Å². The van der Waals surface area contributed by atoms with Crippen LogP contribution in [0.5, 0.6) is 0 Å². The van der Waals surface area contributed by atoms with E-state index in [2.05, 4.69) is 136 Å². The van der Waals surface area contributed by atoms with E-state index in [4.69, 9.17) is 9.97 Å². The zero-order valence-corrected chi connectivity index (χ0v) is 27.2. The van der Waals surface area contributed by atoms with Gasteiger partial charge in [-0.15, -0.1) is 22.7 Å². The highest BCUT2D eigenvalue weighted by molar-refractivity contribution is 7.21. The molecule has 0 fully saturated rings. The van der Waals surface area contributed by atoms with Gasteiger partial charge >= 0.3 is 0 Å². The Morgan fingerprint density at radius 3 is 1.71 bits per heavy atom. The van der Waals surface area contributed by atoms with Gasteiger partial charge in [-0.05, 0) is 69.4 Å². The SMILES string of the molecule is c1ccc(-c2cc(N3c4ccccc4C4(c5ccccc53)c3ccsc3-c3sccc34)nc(-c3ccc(-c4ccccn4)cc3)n2)cc1. The molecule has 0 saturated heterocycles. The Morgan fingerprint density at radius 2 is 1.06 bits per heavy atom. The first-order valence-corrected chi connectivity index (χ1v) is 17.7. The molecule has 0 saturated carbocycles. The van der Waals surface area contributed by atoms with E-state index in [1.54, 1.807) is 0 Å². The molecule has 8 aromatic rings. The van der Waals surface area contributed by atoms with Crippen LogP contribution in [0, 0.1) is 0 Å². The van der Waals surface area contributed by atoms with Crippen molar-refractivity contribution in [3.05, 3.63) is 179 Å². The Labute approximate surface area is 286 Å². The minimum Gasteiger partial charge on any atom is -0.294 e. The fourth-order valence-electron chi connectivity index (χ4n) is 7.54. The topological polar surface area (TPSA) is 41.9 Å². The second-order valence-corrected chi connectivity index (χ2v) is 13.9. The van der Waals surface area contributed by atoms with Gasteiger partial charge in [0, 0.05) is 38.7 Å². The van der Waals surface area contributed by atoms with E-state index in [9.17, 15) is 0 Å². The second-order valence-electron chi connectivity index (χ2n) is 12.0. The molecular weight excluding hydrogens is 625 g/mol. The van der Waals surface area contributed by atoms with Crippen molar-refractivity contribution in [1.82, 2.24) is 15.0 Å². The summed E-state index contributed by atoms with van der Waals surface area (Å²) in [4.78, 5) is 20.1. The number of aromatic nitrogens is 3. The molecule has 0 N–H and O–H groups in total. The molecule has 1 aliphatic heterocycles. The van der Waals surface area contributed by atoms with Gasteiger partial charge in [0.05, 0.1) is 28.2 Å². The third-order valence-electron chi connectivity index (χ3n) is 9.56. The third kappa shape index (κ3) is 3.90. The van der Waals surface area contributed by atoms with Crippen LogP contribution in [0.3, 0.4) is 0 Å². The summed E-state index contributed by atoms with van der Waals surface area (Å²) < 4.78 is 0. The van der Waals surface area contributed by atoms with Gasteiger partial charge in [-0.3, -0.25) is 9.88 Å². The lowest BCUT2D eigenvalue weighted by Gasteiger charge is -2.44. The van der Waals surface area contributed by atoms with Gasteiger partial charge in [0.2, 0.25) is 0 Å². The van der Waals surface area contributed by atoms with Crippen LogP contribution < -0.4 is 4.90 Å². The van der Waals surface area contributed by atoms with Gasteiger partial charge in [-0.1, -0.05) is 97.1 Å². The van der Waals surface area contributed by atoms with Crippen LogP contribution in [0.1, 0.15) is 22.3 Å². The van der Waals surface area contributed by atoms with E-state index >= 15 is 0 Å². The molecule has 6 heteroatoms. The maximum absolute atomic E-state index is 5.34. The summed E-state index contributed by atoms with van der Waals surface area (Å²) in [7, 11) is 0. The molecule has 10 rings (SSSR count). The van der Waals surface area contributed by atoms with Crippen molar-refractivity contribution < 1.29 is 0 Å². The Kier molecular flexibility index (Phi) is 6.10. The molecule has 0 amide bonds. The van der Waals surface area contributed by atoms with Crippen molar-refractivity contribution >= 4 is 39.9 Å². The molecule has 5 heterocycles. The van der Waals surface area contributed by atoms with E-state index in [0.29, 0.717) is 5.82 Å². The number of benzene rings is 4. The monoisotopic (exact) mass is 650 g/mol. The molecular formula is C42H26N4S2. The Hall–Kier alpha value is -5.69. The first-order chi connectivity index (χ1) is 23.8. The zero-order chi connectivity index (χ0) is 31.7. The molecule has 0 atom stereocenters. The van der Waals surface area contributed by atoms with Crippen molar-refractivity contribution in [2.45, 2.75) is 5.41 Å². The Balaban J connectivity index is 1.21. The lowest BCUT2D eigenvalue weighted by atomic mass is 9.65. The summed E-state index contributed by atoms with van der Waals surface area (Å²) in [5, 5.41) is 4.49. The largest absolute Gasteiger partial charge is 0.294 e. The lowest BCUT2D eigenvalue weighted by Crippen LogP contribution is -2.36. The second kappa shape index (κ2) is 10.7. The maximum Gasteiger partial charge on any atom is 0.162 e. The molecule has 4 aromatic heterocycles. The number of hydrogen-bond acceptors (Lipinski definition) is 6. The first kappa shape index (κ1) is 27.4. The summed E-state index contributed by atoms with van der Waals surface area (Å²) in [6.45, 7) is 0. The predicted molar refractivity (Wildman–Crippen MR) is 197 cm³/mol. The van der Waals surface area contributed by atoms with Gasteiger partial charge in [-0.25, -0.2) is 9.97 Å². The predicted octanol–water partition coefficient (Wildman–Crippen LogP) is 11.1. The van der Waals surface area contributed by atoms with Crippen LogP contribution in [0.4, 0.5) is 17.2 Å². The van der Waals surface area contributed by atoms with E-state index in [-0.39, 0.29) is 0 Å². The summed E-state index contributed by atoms with van der Waals surface area (Å²) in [5.41, 5.74) is 12.0. The number of pyridine rings is 1. The first-order valence-electron chi connectivity index (χ1n) is 15.9. The van der Waals surface area contributed by atoms with E-state index in [0.717, 1.165) is 45.3 Å². The highest BCUT2D eigenvalue weighted by Gasteiger charge is 2.53. The van der Waals surface area contributed by atoms with Crippen LogP contribution in [0.15, 0.2) is 156 Å². The molecule has 0 unspecified atom stereocenters. The molecule has 1 spiro atoms. The molecule has 4 aromatic carbocycles. The van der Waals surface area contributed by atoms with Gasteiger partial charge < -0.3 is 0 Å². The van der Waals surface area contributed by atoms with Gasteiger partial charge in [0.1, 0.15) is 5.82 Å². The quantitative estimate of drug-likeness (QED) is 0.190. The smallest absolute Gasteiger partial charge is 0.162 e. The number of para-hydroxylation sites is 2. The van der Waals surface area contributed by atoms with Gasteiger partial charge in [0.25, 0.3) is 0 Å². The lowest BCUT2D eigenvalue weighted by molar-refractivity contribution is 0.754. The average Bonchev–Trinajstić information content (AvgIpc) is 3.90. The zero-order valence-electron chi connectivity index (χ0n) is 25.6. The van der Waals surface area contributed by atoms with Gasteiger partial charge in [0.15, 0.2) is 5.82 Å². The fraction of sp³-hybridized carbons (Fsp3) is 0.0238. The summed E-state index contributed by atoms with van der Waals surface area (Å²) in [6, 6.07) is 49.3. The van der Waals surface area contributed by atoms with E-state index < -0.39 is 5.41 Å². The van der Waals surface area contributed by atoms with Crippen molar-refractivity contribution in [2.24, 2.45) is 0 Å². The van der Waals surface area contributed by atoms with Gasteiger partial charge in [-0.2, -0.15) is 0 Å². The van der Waals surface area contributed by atoms with Crippen molar-refractivity contribution in [3.8, 4) is 43.7 Å². The van der Waals surface area contributed by atoms with Crippen LogP contribution in [-0.4, -0.2) is 15.0 Å². The highest BCUT2D eigenvalue weighted by atomic mass is 32.1. The minimum absolute atomic E-state index is 0.395. The normalized spacial score (nSPS) is 13.5. The molecule has 0 radical (unpaired) electrons. The molecule has 226 valence electrons. The average molecular weight is 651 g/mol. The summed E-state index contributed by atoms with van der Waals surface area (Å²) in [6.07, 6.45) is 1.82. The van der Waals surface area contributed by atoms with Crippen LogP contribution in [-0.2, 0) is 5.41 Å². The molecule has 2 aliphatic rings. The van der Waals surface area contributed by atoms with Crippen molar-refractivity contribution in [1.29, 1.82) is 0 Å². The van der Waals surface area contributed by atoms with Crippen molar-refractivity contribution in [2.75, 3.05) is 4.90 Å². The molecule has 1 aliphatic carbocycles. The number of rotatable bonds is 4. The molecule has 48 heavy (non-hydrogen) atoms. The number of anilines is 3. The number of thiophene rings is 2. The Morgan fingerprint density at radius 1 is 0.479 bits per heavy atom. The van der Waals surface area contributed by atoms with Crippen molar-refractivity contribution in [3.63, 3.8) is 0 Å². The summed E-state index contributed by atoms with van der Waals surface area (Å²) in [5.74, 6) is 1.51.